The first-order valence-corrected chi connectivity index (χ1v) is 5.76. The molecule has 0 spiro atoms. The van der Waals surface area contributed by atoms with Crippen LogP contribution in [0.2, 0.25) is 0 Å². The van der Waals surface area contributed by atoms with Crippen LogP contribution in [0.1, 0.15) is 58.4 Å². The molecule has 15 heavy (non-hydrogen) atoms. The van der Waals surface area contributed by atoms with E-state index >= 15 is 0 Å². The van der Waals surface area contributed by atoms with Crippen LogP contribution in [0.15, 0.2) is 6.20 Å². The number of aliphatic hydroxyl groups is 1. The Morgan fingerprint density at radius 2 is 2.07 bits per heavy atom. The zero-order valence-electron chi connectivity index (χ0n) is 10.0. The molecule has 0 aromatic carbocycles. The standard InChI is InChI=1S/C9H15N3O.C2H6/c1-6-3-8(4-6)12-5-9(7(2)13)10-11-12;1-2/h5-8,13H,3-4H2,1-2H3;1-2H3/t6?,7-,8?;/m1./s1. The molecule has 0 radical (unpaired) electrons. The van der Waals surface area contributed by atoms with Crippen molar-refractivity contribution in [3.63, 3.8) is 0 Å². The summed E-state index contributed by atoms with van der Waals surface area (Å²) in [5, 5.41) is 17.2. The average Bonchev–Trinajstić information content (AvgIpc) is 2.65. The van der Waals surface area contributed by atoms with Crippen LogP contribution < -0.4 is 0 Å². The van der Waals surface area contributed by atoms with Gasteiger partial charge in [0.25, 0.3) is 0 Å². The van der Waals surface area contributed by atoms with Crippen LogP contribution in [0.25, 0.3) is 0 Å². The zero-order valence-corrected chi connectivity index (χ0v) is 10.0. The highest BCUT2D eigenvalue weighted by Crippen LogP contribution is 2.36. The van der Waals surface area contributed by atoms with E-state index in [2.05, 4.69) is 17.2 Å². The molecule has 0 saturated heterocycles. The fraction of sp³-hybridized carbons (Fsp3) is 0.818. The van der Waals surface area contributed by atoms with Gasteiger partial charge in [-0.3, -0.25) is 0 Å². The van der Waals surface area contributed by atoms with E-state index in [4.69, 9.17) is 0 Å². The second-order valence-corrected chi connectivity index (χ2v) is 4.03. The largest absolute Gasteiger partial charge is 0.387 e. The third kappa shape index (κ3) is 2.78. The van der Waals surface area contributed by atoms with Crippen molar-refractivity contribution in [2.45, 2.75) is 52.7 Å². The van der Waals surface area contributed by atoms with Crippen molar-refractivity contribution < 1.29 is 5.11 Å². The summed E-state index contributed by atoms with van der Waals surface area (Å²) < 4.78 is 1.88. The van der Waals surface area contributed by atoms with E-state index in [0.717, 1.165) is 5.92 Å². The summed E-state index contributed by atoms with van der Waals surface area (Å²) in [6.45, 7) is 7.95. The molecule has 1 aliphatic rings. The van der Waals surface area contributed by atoms with Gasteiger partial charge in [0.15, 0.2) is 0 Å². The maximum Gasteiger partial charge on any atom is 0.111 e. The predicted molar refractivity (Wildman–Crippen MR) is 59.4 cm³/mol. The lowest BCUT2D eigenvalue weighted by atomic mass is 9.82. The quantitative estimate of drug-likeness (QED) is 0.816. The SMILES string of the molecule is CC.CC1CC(n2cc([C@@H](C)O)nn2)C1. The number of nitrogens with zero attached hydrogens (tertiary/aromatic N) is 3. The monoisotopic (exact) mass is 211 g/mol. The van der Waals surface area contributed by atoms with Crippen molar-refractivity contribution in [3.05, 3.63) is 11.9 Å². The van der Waals surface area contributed by atoms with Gasteiger partial charge in [0.05, 0.1) is 18.3 Å². The van der Waals surface area contributed by atoms with Crippen LogP contribution in [-0.2, 0) is 0 Å². The highest BCUT2D eigenvalue weighted by atomic mass is 16.3. The first kappa shape index (κ1) is 12.2. The molecule has 4 nitrogen and oxygen atoms in total. The van der Waals surface area contributed by atoms with Gasteiger partial charge in [0.1, 0.15) is 5.69 Å². The molecule has 1 fully saturated rings. The maximum atomic E-state index is 9.25. The fourth-order valence-electron chi connectivity index (χ4n) is 1.74. The second kappa shape index (κ2) is 5.26. The van der Waals surface area contributed by atoms with Crippen molar-refractivity contribution in [2.24, 2.45) is 5.92 Å². The Bertz CT molecular complexity index is 290. The third-order valence-electron chi connectivity index (χ3n) is 2.68. The second-order valence-electron chi connectivity index (χ2n) is 4.03. The van der Waals surface area contributed by atoms with Gasteiger partial charge < -0.3 is 5.11 Å². The predicted octanol–water partition coefficient (Wildman–Crippen LogP) is 2.33. The molecule has 86 valence electrons. The lowest BCUT2D eigenvalue weighted by Crippen LogP contribution is -2.25. The molecule has 1 aromatic rings. The van der Waals surface area contributed by atoms with Gasteiger partial charge >= 0.3 is 0 Å². The van der Waals surface area contributed by atoms with Crippen molar-refractivity contribution in [1.29, 1.82) is 0 Å². The Hall–Kier alpha value is -0.900. The molecule has 1 aliphatic carbocycles. The number of aliphatic hydroxyl groups excluding tert-OH is 1. The molecule has 1 saturated carbocycles. The minimum absolute atomic E-state index is 0.508. The Morgan fingerprint density at radius 1 is 1.47 bits per heavy atom. The van der Waals surface area contributed by atoms with Gasteiger partial charge in [-0.2, -0.15) is 0 Å². The van der Waals surface area contributed by atoms with Gasteiger partial charge in [-0.15, -0.1) is 5.10 Å². The van der Waals surface area contributed by atoms with Crippen molar-refractivity contribution in [1.82, 2.24) is 15.0 Å². The summed E-state index contributed by atoms with van der Waals surface area (Å²) in [6.07, 6.45) is 3.71. The average molecular weight is 211 g/mol. The molecule has 4 heteroatoms. The lowest BCUT2D eigenvalue weighted by molar-refractivity contribution is 0.192. The minimum atomic E-state index is -0.508. The smallest absolute Gasteiger partial charge is 0.111 e. The molecule has 1 aromatic heterocycles. The van der Waals surface area contributed by atoms with E-state index in [1.54, 1.807) is 6.92 Å². The van der Waals surface area contributed by atoms with Crippen LogP contribution >= 0.6 is 0 Å². The number of rotatable bonds is 2. The van der Waals surface area contributed by atoms with Gasteiger partial charge in [0.2, 0.25) is 0 Å². The maximum absolute atomic E-state index is 9.25. The van der Waals surface area contributed by atoms with E-state index in [-0.39, 0.29) is 0 Å². The van der Waals surface area contributed by atoms with Gasteiger partial charge in [0, 0.05) is 0 Å². The Morgan fingerprint density at radius 3 is 2.47 bits per heavy atom. The van der Waals surface area contributed by atoms with Crippen LogP contribution in [0.3, 0.4) is 0 Å². The fourth-order valence-corrected chi connectivity index (χ4v) is 1.74. The zero-order chi connectivity index (χ0) is 11.4. The molecule has 1 atom stereocenters. The van der Waals surface area contributed by atoms with Gasteiger partial charge in [-0.1, -0.05) is 26.0 Å². The van der Waals surface area contributed by atoms with Crippen LogP contribution in [0.5, 0.6) is 0 Å². The normalized spacial score (nSPS) is 26.2. The molecule has 2 rings (SSSR count). The third-order valence-corrected chi connectivity index (χ3v) is 2.68. The molecule has 0 bridgehead atoms. The van der Waals surface area contributed by atoms with Crippen molar-refractivity contribution >= 4 is 0 Å². The van der Waals surface area contributed by atoms with Crippen LogP contribution in [0, 0.1) is 5.92 Å². The Balaban J connectivity index is 0.000000531. The molecule has 0 aliphatic heterocycles. The Kier molecular flexibility index (Phi) is 4.27. The van der Waals surface area contributed by atoms with E-state index in [1.165, 1.54) is 12.8 Å². The van der Waals surface area contributed by atoms with E-state index < -0.39 is 6.10 Å². The first-order valence-electron chi connectivity index (χ1n) is 5.76. The summed E-state index contributed by atoms with van der Waals surface area (Å²) in [6, 6.07) is 0.509. The van der Waals surface area contributed by atoms with E-state index in [9.17, 15) is 5.11 Å². The molecular weight excluding hydrogens is 190 g/mol. The van der Waals surface area contributed by atoms with Crippen molar-refractivity contribution in [2.75, 3.05) is 0 Å². The first-order chi connectivity index (χ1) is 7.16. The molecule has 1 heterocycles. The molecule has 0 amide bonds. The number of aromatic nitrogens is 3. The summed E-state index contributed by atoms with van der Waals surface area (Å²) in [4.78, 5) is 0. The summed E-state index contributed by atoms with van der Waals surface area (Å²) in [7, 11) is 0. The van der Waals surface area contributed by atoms with E-state index in [0.29, 0.717) is 11.7 Å². The summed E-state index contributed by atoms with van der Waals surface area (Å²) >= 11 is 0. The molecule has 0 unspecified atom stereocenters. The Labute approximate surface area is 91.3 Å². The van der Waals surface area contributed by atoms with Crippen molar-refractivity contribution in [3.8, 4) is 0 Å². The minimum Gasteiger partial charge on any atom is -0.387 e. The highest BCUT2D eigenvalue weighted by molar-refractivity contribution is 4.97. The van der Waals surface area contributed by atoms with E-state index in [1.807, 2.05) is 24.7 Å². The molecule has 1 N–H and O–H groups in total. The summed E-state index contributed by atoms with van der Waals surface area (Å²) in [5.41, 5.74) is 0.666. The summed E-state index contributed by atoms with van der Waals surface area (Å²) in [5.74, 6) is 0.809. The van der Waals surface area contributed by atoms with Crippen LogP contribution in [0.4, 0.5) is 0 Å². The topological polar surface area (TPSA) is 50.9 Å². The lowest BCUT2D eigenvalue weighted by Gasteiger charge is -2.32. The van der Waals surface area contributed by atoms with Crippen LogP contribution in [-0.4, -0.2) is 20.1 Å². The molecular formula is C11H21N3O. The van der Waals surface area contributed by atoms with Gasteiger partial charge in [-0.25, -0.2) is 4.68 Å². The van der Waals surface area contributed by atoms with Gasteiger partial charge in [-0.05, 0) is 25.7 Å². The highest BCUT2D eigenvalue weighted by Gasteiger charge is 2.27. The number of hydrogen-bond donors (Lipinski definition) is 1. The number of hydrogen-bond acceptors (Lipinski definition) is 3.